The number of nitrogens with zero attached hydrogens (tertiary/aromatic N) is 1. The van der Waals surface area contributed by atoms with Gasteiger partial charge in [0.1, 0.15) is 10.6 Å². The molecule has 3 amide bonds. The summed E-state index contributed by atoms with van der Waals surface area (Å²) in [7, 11) is 0. The summed E-state index contributed by atoms with van der Waals surface area (Å²) in [5.74, 6) is -0.751. The van der Waals surface area contributed by atoms with E-state index in [-0.39, 0.29) is 18.4 Å². The molecule has 2 heterocycles. The molecule has 9 nitrogen and oxygen atoms in total. The van der Waals surface area contributed by atoms with Gasteiger partial charge in [-0.3, -0.25) is 9.59 Å². The molecule has 2 aromatic rings. The maximum atomic E-state index is 13.5. The van der Waals surface area contributed by atoms with Gasteiger partial charge in [0.25, 0.3) is 0 Å². The van der Waals surface area contributed by atoms with Crippen molar-refractivity contribution in [1.29, 1.82) is 0 Å². The van der Waals surface area contributed by atoms with Crippen LogP contribution in [0.4, 0.5) is 15.5 Å². The quantitative estimate of drug-likeness (QED) is 0.213. The van der Waals surface area contributed by atoms with Crippen LogP contribution < -0.4 is 10.6 Å². The average molecular weight is 604 g/mol. The topological polar surface area (TPSA) is 114 Å². The number of thioether (sulfide) groups is 1. The summed E-state index contributed by atoms with van der Waals surface area (Å²) < 4.78 is 10.9. The molecule has 224 valence electrons. The minimum Gasteiger partial charge on any atom is -0.462 e. The van der Waals surface area contributed by atoms with Crippen molar-refractivity contribution in [2.45, 2.75) is 95.9 Å². The predicted molar refractivity (Wildman–Crippen MR) is 164 cm³/mol. The van der Waals surface area contributed by atoms with Crippen LogP contribution in [-0.4, -0.2) is 52.8 Å². The zero-order chi connectivity index (χ0) is 30.2. The monoisotopic (exact) mass is 603 g/mol. The van der Waals surface area contributed by atoms with E-state index in [0.717, 1.165) is 28.2 Å². The smallest absolute Gasteiger partial charge is 0.410 e. The van der Waals surface area contributed by atoms with Gasteiger partial charge < -0.3 is 25.0 Å². The lowest BCUT2D eigenvalue weighted by Crippen LogP contribution is -2.39. The van der Waals surface area contributed by atoms with E-state index < -0.39 is 22.9 Å². The highest BCUT2D eigenvalue weighted by molar-refractivity contribution is 8.00. The number of fused-ring (bicyclic) bond motifs is 1. The molecule has 11 heteroatoms. The van der Waals surface area contributed by atoms with Gasteiger partial charge in [0.15, 0.2) is 0 Å². The molecular formula is C30H41N3O6S2. The van der Waals surface area contributed by atoms with Crippen molar-refractivity contribution in [1.82, 2.24) is 4.90 Å². The summed E-state index contributed by atoms with van der Waals surface area (Å²) in [4.78, 5) is 54.6. The maximum Gasteiger partial charge on any atom is 0.410 e. The number of nitrogens with one attached hydrogen (secondary N) is 2. The van der Waals surface area contributed by atoms with E-state index in [9.17, 15) is 19.2 Å². The molecule has 0 saturated heterocycles. The lowest BCUT2D eigenvalue weighted by Gasteiger charge is -2.30. The van der Waals surface area contributed by atoms with Gasteiger partial charge >= 0.3 is 12.1 Å². The number of thiophene rings is 1. The maximum absolute atomic E-state index is 13.5. The lowest BCUT2D eigenvalue weighted by atomic mass is 10.0. The molecule has 0 bridgehead atoms. The fourth-order valence-corrected chi connectivity index (χ4v) is 6.55. The van der Waals surface area contributed by atoms with Crippen molar-refractivity contribution in [3.05, 3.63) is 40.3 Å². The zero-order valence-electron chi connectivity index (χ0n) is 24.8. The van der Waals surface area contributed by atoms with E-state index in [2.05, 4.69) is 10.6 Å². The van der Waals surface area contributed by atoms with Gasteiger partial charge in [-0.15, -0.1) is 23.1 Å². The summed E-state index contributed by atoms with van der Waals surface area (Å²) in [5, 5.41) is 5.90. The number of anilines is 2. The number of carbonyl (C=O) groups excluding carboxylic acids is 4. The molecule has 0 fully saturated rings. The normalized spacial score (nSPS) is 13.7. The number of esters is 1. The first-order valence-electron chi connectivity index (χ1n) is 14.1. The molecule has 1 atom stereocenters. The van der Waals surface area contributed by atoms with Crippen LogP contribution in [0.2, 0.25) is 0 Å². The van der Waals surface area contributed by atoms with Gasteiger partial charge in [0.05, 0.1) is 24.0 Å². The van der Waals surface area contributed by atoms with Crippen LogP contribution >= 0.6 is 23.1 Å². The van der Waals surface area contributed by atoms with Crippen LogP contribution in [0.15, 0.2) is 29.2 Å². The van der Waals surface area contributed by atoms with Crippen LogP contribution in [0.1, 0.15) is 88.0 Å². The van der Waals surface area contributed by atoms with E-state index in [0.29, 0.717) is 48.6 Å². The van der Waals surface area contributed by atoms with Crippen molar-refractivity contribution < 1.29 is 28.7 Å². The molecule has 1 aliphatic rings. The Morgan fingerprint density at radius 3 is 2.54 bits per heavy atom. The van der Waals surface area contributed by atoms with E-state index in [1.165, 1.54) is 23.1 Å². The number of amides is 3. The Morgan fingerprint density at radius 1 is 1.12 bits per heavy atom. The largest absolute Gasteiger partial charge is 0.462 e. The predicted octanol–water partition coefficient (Wildman–Crippen LogP) is 6.86. The summed E-state index contributed by atoms with van der Waals surface area (Å²) in [6.45, 7) is 12.1. The van der Waals surface area contributed by atoms with Gasteiger partial charge in [0, 0.05) is 28.4 Å². The first kappa shape index (κ1) is 32.5. The molecule has 0 spiro atoms. The Hall–Kier alpha value is -3.05. The third-order valence-electron chi connectivity index (χ3n) is 6.24. The average Bonchev–Trinajstić information content (AvgIpc) is 3.26. The molecule has 3 rings (SSSR count). The van der Waals surface area contributed by atoms with E-state index >= 15 is 0 Å². The summed E-state index contributed by atoms with van der Waals surface area (Å²) in [6.07, 6.45) is 2.84. The molecule has 1 aromatic carbocycles. The van der Waals surface area contributed by atoms with Crippen LogP contribution in [0, 0.1) is 0 Å². The number of benzene rings is 1. The van der Waals surface area contributed by atoms with Crippen molar-refractivity contribution in [3.63, 3.8) is 0 Å². The molecule has 0 aliphatic carbocycles. The second-order valence-electron chi connectivity index (χ2n) is 10.8. The highest BCUT2D eigenvalue weighted by Gasteiger charge is 2.33. The molecular weight excluding hydrogens is 562 g/mol. The van der Waals surface area contributed by atoms with Gasteiger partial charge in [0.2, 0.25) is 11.8 Å². The minimum absolute atomic E-state index is 0.0304. The molecule has 1 unspecified atom stereocenters. The third-order valence-corrected chi connectivity index (χ3v) is 8.73. The number of hydrogen-bond acceptors (Lipinski definition) is 8. The van der Waals surface area contributed by atoms with Gasteiger partial charge in [-0.1, -0.05) is 26.3 Å². The van der Waals surface area contributed by atoms with Gasteiger partial charge in [-0.25, -0.2) is 9.59 Å². The van der Waals surface area contributed by atoms with Crippen molar-refractivity contribution in [2.75, 3.05) is 23.8 Å². The van der Waals surface area contributed by atoms with Gasteiger partial charge in [-0.05, 0) is 70.7 Å². The number of hydrogen-bond donors (Lipinski definition) is 2. The first-order chi connectivity index (χ1) is 19.4. The second-order valence-corrected chi connectivity index (χ2v) is 13.1. The molecule has 0 saturated carbocycles. The fraction of sp³-hybridized carbons (Fsp3) is 0.533. The Balaban J connectivity index is 1.77. The Kier molecular flexibility index (Phi) is 11.7. The standard InChI is InChI=1S/C30H41N3O6S2/c1-7-10-14-24(34)31-19-12-11-13-20(17-19)40-22(8-2)26(35)32-27-25(28(36)38-9-3)21-15-16-33(18-23(21)41-27)29(37)39-30(4,5)6/h11-13,17,22H,7-10,14-16,18H2,1-6H3,(H,31,34)(H,32,35). The second kappa shape index (κ2) is 14.7. The summed E-state index contributed by atoms with van der Waals surface area (Å²) >= 11 is 2.69. The van der Waals surface area contributed by atoms with E-state index in [4.69, 9.17) is 9.47 Å². The van der Waals surface area contributed by atoms with Crippen molar-refractivity contribution >= 4 is 57.7 Å². The fourth-order valence-electron chi connectivity index (χ4n) is 4.28. The highest BCUT2D eigenvalue weighted by Crippen LogP contribution is 2.39. The zero-order valence-corrected chi connectivity index (χ0v) is 26.4. The molecule has 2 N–H and O–H groups in total. The van der Waals surface area contributed by atoms with Crippen molar-refractivity contribution in [3.8, 4) is 0 Å². The Bertz CT molecular complexity index is 1250. The molecule has 0 radical (unpaired) electrons. The Morgan fingerprint density at radius 2 is 1.88 bits per heavy atom. The number of unbranched alkanes of at least 4 members (excludes halogenated alkanes) is 1. The SMILES string of the molecule is CCCCC(=O)Nc1cccc(SC(CC)C(=O)Nc2sc3c(c2C(=O)OCC)CCN(C(=O)OC(C)(C)C)C3)c1. The number of rotatable bonds is 11. The Labute approximate surface area is 250 Å². The van der Waals surface area contributed by atoms with Crippen LogP contribution in [0.5, 0.6) is 0 Å². The molecule has 1 aromatic heterocycles. The summed E-state index contributed by atoms with van der Waals surface area (Å²) in [6, 6.07) is 7.45. The van der Waals surface area contributed by atoms with Crippen LogP contribution in [-0.2, 0) is 32.0 Å². The number of ether oxygens (including phenoxy) is 2. The molecule has 1 aliphatic heterocycles. The third kappa shape index (κ3) is 9.22. The highest BCUT2D eigenvalue weighted by atomic mass is 32.2. The first-order valence-corrected chi connectivity index (χ1v) is 15.8. The number of carbonyl (C=O) groups is 4. The van der Waals surface area contributed by atoms with E-state index in [1.807, 2.05) is 58.9 Å². The van der Waals surface area contributed by atoms with Crippen LogP contribution in [0.25, 0.3) is 0 Å². The van der Waals surface area contributed by atoms with Gasteiger partial charge in [-0.2, -0.15) is 0 Å². The summed E-state index contributed by atoms with van der Waals surface area (Å²) in [5.41, 5.74) is 1.24. The van der Waals surface area contributed by atoms with Crippen molar-refractivity contribution in [2.24, 2.45) is 0 Å². The minimum atomic E-state index is -0.616. The van der Waals surface area contributed by atoms with Crippen LogP contribution in [0.3, 0.4) is 0 Å². The molecule has 41 heavy (non-hydrogen) atoms. The lowest BCUT2D eigenvalue weighted by molar-refractivity contribution is -0.116. The van der Waals surface area contributed by atoms with E-state index in [1.54, 1.807) is 11.8 Å².